The van der Waals surface area contributed by atoms with E-state index in [1.165, 1.54) is 12.8 Å². The molecule has 0 saturated carbocycles. The molecule has 4 nitrogen and oxygen atoms in total. The summed E-state index contributed by atoms with van der Waals surface area (Å²) >= 11 is 0. The minimum absolute atomic E-state index is 0.327. The van der Waals surface area contributed by atoms with E-state index in [1.54, 1.807) is 0 Å². The Bertz CT molecular complexity index is 515. The number of carbonyl (C=O) groups excluding carboxylic acids is 1. The fraction of sp³-hybridized carbons (Fsp3) is 0.533. The number of aliphatic hydroxyl groups excluding tert-OH is 1. The largest absolute Gasteiger partial charge is 0.378 e. The number of carbonyl (C=O) groups is 1. The second kappa shape index (κ2) is 4.53. The molecule has 1 amide bonds. The van der Waals surface area contributed by atoms with E-state index in [0.717, 1.165) is 17.9 Å². The van der Waals surface area contributed by atoms with Crippen LogP contribution in [0.25, 0.3) is 0 Å². The van der Waals surface area contributed by atoms with E-state index in [-0.39, 0.29) is 5.91 Å². The van der Waals surface area contributed by atoms with Crippen LogP contribution in [0.15, 0.2) is 18.2 Å². The molecule has 4 heteroatoms. The van der Waals surface area contributed by atoms with E-state index >= 15 is 0 Å². The molecule has 1 fully saturated rings. The first-order chi connectivity index (χ1) is 9.08. The van der Waals surface area contributed by atoms with Crippen molar-refractivity contribution in [3.05, 3.63) is 23.8 Å². The smallest absolute Gasteiger partial charge is 0.257 e. The SMILES string of the molecule is CC1CCCN(c2ccc3c(c2)NC(=O)C3O)C1C. The van der Waals surface area contributed by atoms with Crippen molar-refractivity contribution >= 4 is 17.3 Å². The Morgan fingerprint density at radius 1 is 1.37 bits per heavy atom. The van der Waals surface area contributed by atoms with Crippen molar-refractivity contribution in [3.63, 3.8) is 0 Å². The van der Waals surface area contributed by atoms with Crippen LogP contribution in [0.3, 0.4) is 0 Å². The summed E-state index contributed by atoms with van der Waals surface area (Å²) in [7, 11) is 0. The highest BCUT2D eigenvalue weighted by atomic mass is 16.3. The molecule has 0 bridgehead atoms. The Morgan fingerprint density at radius 2 is 2.16 bits per heavy atom. The number of fused-ring (bicyclic) bond motifs is 1. The lowest BCUT2D eigenvalue weighted by molar-refractivity contribution is -0.123. The van der Waals surface area contributed by atoms with Gasteiger partial charge in [-0.1, -0.05) is 13.0 Å². The fourth-order valence-electron chi connectivity index (χ4n) is 3.11. The van der Waals surface area contributed by atoms with E-state index in [0.29, 0.717) is 17.5 Å². The van der Waals surface area contributed by atoms with Gasteiger partial charge in [0.1, 0.15) is 0 Å². The van der Waals surface area contributed by atoms with Crippen molar-refractivity contribution in [1.82, 2.24) is 0 Å². The molecule has 0 aliphatic carbocycles. The molecule has 1 saturated heterocycles. The van der Waals surface area contributed by atoms with Gasteiger partial charge in [0.25, 0.3) is 5.91 Å². The number of amides is 1. The number of rotatable bonds is 1. The van der Waals surface area contributed by atoms with Crippen LogP contribution in [-0.2, 0) is 4.79 Å². The highest BCUT2D eigenvalue weighted by molar-refractivity contribution is 6.02. The Hall–Kier alpha value is -1.55. The summed E-state index contributed by atoms with van der Waals surface area (Å²) in [6.07, 6.45) is 1.47. The van der Waals surface area contributed by atoms with Crippen molar-refractivity contribution in [2.24, 2.45) is 5.92 Å². The lowest BCUT2D eigenvalue weighted by Gasteiger charge is -2.39. The lowest BCUT2D eigenvalue weighted by Crippen LogP contribution is -2.42. The number of benzene rings is 1. The van der Waals surface area contributed by atoms with Crippen LogP contribution in [0, 0.1) is 5.92 Å². The van der Waals surface area contributed by atoms with Gasteiger partial charge in [-0.25, -0.2) is 0 Å². The number of piperidine rings is 1. The number of hydrogen-bond donors (Lipinski definition) is 2. The van der Waals surface area contributed by atoms with Gasteiger partial charge in [0.05, 0.1) is 0 Å². The average molecular weight is 260 g/mol. The van der Waals surface area contributed by atoms with Crippen LogP contribution >= 0.6 is 0 Å². The summed E-state index contributed by atoms with van der Waals surface area (Å²) in [5, 5.41) is 12.5. The molecule has 0 spiro atoms. The molecule has 2 aliphatic heterocycles. The summed E-state index contributed by atoms with van der Waals surface area (Å²) in [5.74, 6) is 0.356. The van der Waals surface area contributed by atoms with Gasteiger partial charge in [0, 0.05) is 29.5 Å². The molecule has 1 aromatic carbocycles. The van der Waals surface area contributed by atoms with Crippen LogP contribution in [0.2, 0.25) is 0 Å². The lowest BCUT2D eigenvalue weighted by atomic mass is 9.91. The third-order valence-electron chi connectivity index (χ3n) is 4.54. The third-order valence-corrected chi connectivity index (χ3v) is 4.54. The molecule has 2 aliphatic rings. The topological polar surface area (TPSA) is 52.6 Å². The summed E-state index contributed by atoms with van der Waals surface area (Å²) < 4.78 is 0. The maximum atomic E-state index is 11.5. The zero-order valence-corrected chi connectivity index (χ0v) is 11.4. The highest BCUT2D eigenvalue weighted by Gasteiger charge is 2.30. The minimum Gasteiger partial charge on any atom is -0.378 e. The van der Waals surface area contributed by atoms with E-state index in [4.69, 9.17) is 0 Å². The Labute approximate surface area is 113 Å². The van der Waals surface area contributed by atoms with E-state index in [1.807, 2.05) is 18.2 Å². The minimum atomic E-state index is -1.01. The van der Waals surface area contributed by atoms with Crippen LogP contribution in [0.5, 0.6) is 0 Å². The Balaban J connectivity index is 1.91. The Kier molecular flexibility index (Phi) is 2.97. The first-order valence-electron chi connectivity index (χ1n) is 6.97. The molecule has 3 atom stereocenters. The Morgan fingerprint density at radius 3 is 2.95 bits per heavy atom. The fourth-order valence-corrected chi connectivity index (χ4v) is 3.11. The van der Waals surface area contributed by atoms with Crippen LogP contribution in [0.4, 0.5) is 11.4 Å². The zero-order chi connectivity index (χ0) is 13.6. The molecule has 1 aromatic rings. The molecule has 0 radical (unpaired) electrons. The molecule has 2 N–H and O–H groups in total. The van der Waals surface area contributed by atoms with Crippen molar-refractivity contribution in [2.45, 2.75) is 38.8 Å². The summed E-state index contributed by atoms with van der Waals surface area (Å²) in [5.41, 5.74) is 2.57. The number of aliphatic hydroxyl groups is 1. The van der Waals surface area contributed by atoms with Crippen molar-refractivity contribution < 1.29 is 9.90 Å². The first kappa shape index (κ1) is 12.5. The highest BCUT2D eigenvalue weighted by Crippen LogP contribution is 2.36. The molecule has 102 valence electrons. The third kappa shape index (κ3) is 2.00. The van der Waals surface area contributed by atoms with Gasteiger partial charge in [-0.2, -0.15) is 0 Å². The summed E-state index contributed by atoms with van der Waals surface area (Å²) in [6.45, 7) is 5.60. The molecule has 19 heavy (non-hydrogen) atoms. The molecule has 3 unspecified atom stereocenters. The van der Waals surface area contributed by atoms with Crippen molar-refractivity contribution in [1.29, 1.82) is 0 Å². The second-order valence-corrected chi connectivity index (χ2v) is 5.72. The van der Waals surface area contributed by atoms with Gasteiger partial charge in [0.15, 0.2) is 6.10 Å². The molecule has 0 aromatic heterocycles. The molecule has 3 rings (SSSR count). The van der Waals surface area contributed by atoms with Gasteiger partial charge in [-0.05, 0) is 37.8 Å². The molecule has 2 heterocycles. The van der Waals surface area contributed by atoms with Gasteiger partial charge >= 0.3 is 0 Å². The number of hydrogen-bond acceptors (Lipinski definition) is 3. The maximum Gasteiger partial charge on any atom is 0.257 e. The zero-order valence-electron chi connectivity index (χ0n) is 11.4. The normalized spacial score (nSPS) is 30.2. The van der Waals surface area contributed by atoms with Crippen LogP contribution < -0.4 is 10.2 Å². The van der Waals surface area contributed by atoms with Gasteiger partial charge in [-0.15, -0.1) is 0 Å². The van der Waals surface area contributed by atoms with E-state index < -0.39 is 6.10 Å². The van der Waals surface area contributed by atoms with Crippen molar-refractivity contribution in [2.75, 3.05) is 16.8 Å². The van der Waals surface area contributed by atoms with E-state index in [9.17, 15) is 9.90 Å². The van der Waals surface area contributed by atoms with Crippen LogP contribution in [-0.4, -0.2) is 23.6 Å². The average Bonchev–Trinajstić information content (AvgIpc) is 2.68. The molecular formula is C15H20N2O2. The summed E-state index contributed by atoms with van der Waals surface area (Å²) in [6, 6.07) is 6.36. The second-order valence-electron chi connectivity index (χ2n) is 5.72. The number of anilines is 2. The van der Waals surface area contributed by atoms with E-state index in [2.05, 4.69) is 24.1 Å². The maximum absolute atomic E-state index is 11.5. The quantitative estimate of drug-likeness (QED) is 0.814. The monoisotopic (exact) mass is 260 g/mol. The first-order valence-corrected chi connectivity index (χ1v) is 6.97. The van der Waals surface area contributed by atoms with Crippen molar-refractivity contribution in [3.8, 4) is 0 Å². The predicted molar refractivity (Wildman–Crippen MR) is 75.2 cm³/mol. The number of nitrogens with zero attached hydrogens (tertiary/aromatic N) is 1. The van der Waals surface area contributed by atoms with Gasteiger partial charge in [-0.3, -0.25) is 4.79 Å². The standard InChI is InChI=1S/C15H20N2O2/c1-9-4-3-7-17(10(9)2)11-5-6-12-13(8-11)16-15(19)14(12)18/h5-6,8-10,14,18H,3-4,7H2,1-2H3,(H,16,19). The number of nitrogens with one attached hydrogen (secondary N) is 1. The predicted octanol–water partition coefficient (Wildman–Crippen LogP) is 2.30. The summed E-state index contributed by atoms with van der Waals surface area (Å²) in [4.78, 5) is 13.9. The van der Waals surface area contributed by atoms with Gasteiger partial charge < -0.3 is 15.3 Å². The van der Waals surface area contributed by atoms with Gasteiger partial charge in [0.2, 0.25) is 0 Å². The van der Waals surface area contributed by atoms with Crippen LogP contribution in [0.1, 0.15) is 38.4 Å². The molecular weight excluding hydrogens is 240 g/mol.